The monoisotopic (exact) mass is 408 g/mol. The summed E-state index contributed by atoms with van der Waals surface area (Å²) in [5, 5.41) is 7.66. The van der Waals surface area contributed by atoms with Crippen LogP contribution >= 0.6 is 0 Å². The van der Waals surface area contributed by atoms with E-state index >= 15 is 4.39 Å². The summed E-state index contributed by atoms with van der Waals surface area (Å²) in [7, 11) is 1.68. The standard InChI is InChI=1S/C22H25FN6O/c1-12-7-8-29-17(9-12)13(10-25-29)20-18-14(11-28(2)22(18)30)19(23)21(27-20)26-16-6-4-3-5-15(16)24/h7-10,15-16H,3-6,11,24H2,1-2H3,(H,26,27)/t15-,16+/m0/s1. The average Bonchev–Trinajstić information content (AvgIpc) is 3.27. The van der Waals surface area contributed by atoms with E-state index in [-0.39, 0.29) is 30.4 Å². The molecule has 1 fully saturated rings. The fraction of sp³-hybridized carbons (Fsp3) is 0.409. The molecule has 0 bridgehead atoms. The molecule has 30 heavy (non-hydrogen) atoms. The first-order valence-electron chi connectivity index (χ1n) is 10.4. The largest absolute Gasteiger partial charge is 0.363 e. The van der Waals surface area contributed by atoms with Crippen LogP contribution in [-0.4, -0.2) is 44.5 Å². The van der Waals surface area contributed by atoms with Crippen LogP contribution in [0.2, 0.25) is 0 Å². The molecule has 2 atom stereocenters. The lowest BCUT2D eigenvalue weighted by molar-refractivity contribution is 0.0817. The summed E-state index contributed by atoms with van der Waals surface area (Å²) in [6.45, 7) is 2.22. The third kappa shape index (κ3) is 2.94. The van der Waals surface area contributed by atoms with Gasteiger partial charge in [-0.15, -0.1) is 0 Å². The van der Waals surface area contributed by atoms with Crippen molar-refractivity contribution in [2.75, 3.05) is 12.4 Å². The van der Waals surface area contributed by atoms with Gasteiger partial charge in [0.2, 0.25) is 0 Å². The Morgan fingerprint density at radius 3 is 2.90 bits per heavy atom. The van der Waals surface area contributed by atoms with Gasteiger partial charge in [-0.2, -0.15) is 5.10 Å². The van der Waals surface area contributed by atoms with Gasteiger partial charge in [0.15, 0.2) is 11.6 Å². The summed E-state index contributed by atoms with van der Waals surface area (Å²) in [6, 6.07) is 3.88. The summed E-state index contributed by atoms with van der Waals surface area (Å²) < 4.78 is 17.2. The highest BCUT2D eigenvalue weighted by molar-refractivity contribution is 6.05. The fourth-order valence-electron chi connectivity index (χ4n) is 4.56. The molecule has 0 spiro atoms. The van der Waals surface area contributed by atoms with E-state index < -0.39 is 5.82 Å². The average molecular weight is 408 g/mol. The van der Waals surface area contributed by atoms with Crippen LogP contribution in [0, 0.1) is 12.7 Å². The minimum absolute atomic E-state index is 0.0346. The van der Waals surface area contributed by atoms with E-state index in [1.807, 2.05) is 25.3 Å². The number of hydrogen-bond acceptors (Lipinski definition) is 5. The minimum atomic E-state index is -0.461. The van der Waals surface area contributed by atoms with Gasteiger partial charge >= 0.3 is 0 Å². The number of hydrogen-bond donors (Lipinski definition) is 2. The molecule has 5 rings (SSSR count). The Balaban J connectivity index is 1.69. The van der Waals surface area contributed by atoms with E-state index in [2.05, 4.69) is 15.4 Å². The second-order valence-electron chi connectivity index (χ2n) is 8.43. The maximum absolute atomic E-state index is 15.4. The van der Waals surface area contributed by atoms with E-state index in [1.54, 1.807) is 17.8 Å². The van der Waals surface area contributed by atoms with Gasteiger partial charge < -0.3 is 16.0 Å². The number of nitrogens with one attached hydrogen (secondary N) is 1. The molecule has 156 valence electrons. The number of halogens is 1. The molecule has 8 heteroatoms. The van der Waals surface area contributed by atoms with Crippen molar-refractivity contribution in [3.05, 3.63) is 47.0 Å². The highest BCUT2D eigenvalue weighted by atomic mass is 19.1. The van der Waals surface area contributed by atoms with E-state index in [1.165, 1.54) is 4.90 Å². The molecule has 1 aliphatic heterocycles. The Kier molecular flexibility index (Phi) is 4.47. The molecular formula is C22H25FN6O. The molecule has 0 radical (unpaired) electrons. The van der Waals surface area contributed by atoms with Gasteiger partial charge in [0.05, 0.1) is 23.0 Å². The number of amides is 1. The van der Waals surface area contributed by atoms with Gasteiger partial charge in [0.1, 0.15) is 0 Å². The molecule has 3 aromatic heterocycles. The van der Waals surface area contributed by atoms with Crippen LogP contribution in [0.25, 0.3) is 16.8 Å². The van der Waals surface area contributed by atoms with Crippen LogP contribution in [-0.2, 0) is 6.54 Å². The lowest BCUT2D eigenvalue weighted by Gasteiger charge is -2.30. The number of carbonyl (C=O) groups is 1. The molecule has 4 heterocycles. The Bertz CT molecular complexity index is 1160. The van der Waals surface area contributed by atoms with Crippen molar-refractivity contribution < 1.29 is 9.18 Å². The Morgan fingerprint density at radius 2 is 2.10 bits per heavy atom. The first-order valence-corrected chi connectivity index (χ1v) is 10.4. The topological polar surface area (TPSA) is 88.5 Å². The normalized spacial score (nSPS) is 21.3. The van der Waals surface area contributed by atoms with Crippen LogP contribution in [0.1, 0.15) is 47.2 Å². The fourth-order valence-corrected chi connectivity index (χ4v) is 4.56. The van der Waals surface area contributed by atoms with Crippen molar-refractivity contribution in [2.24, 2.45) is 5.73 Å². The van der Waals surface area contributed by atoms with E-state index in [0.29, 0.717) is 16.8 Å². The Hall–Kier alpha value is -3.00. The molecule has 1 amide bonds. The number of rotatable bonds is 3. The van der Waals surface area contributed by atoms with Crippen molar-refractivity contribution in [3.63, 3.8) is 0 Å². The number of pyridine rings is 2. The third-order valence-electron chi connectivity index (χ3n) is 6.26. The number of carbonyl (C=O) groups excluding carboxylic acids is 1. The predicted octanol–water partition coefficient (Wildman–Crippen LogP) is 3.11. The van der Waals surface area contributed by atoms with Gasteiger partial charge in [-0.1, -0.05) is 12.8 Å². The van der Waals surface area contributed by atoms with Crippen LogP contribution in [0.4, 0.5) is 10.2 Å². The molecule has 3 N–H and O–H groups in total. The van der Waals surface area contributed by atoms with Gasteiger partial charge in [0.25, 0.3) is 5.91 Å². The second-order valence-corrected chi connectivity index (χ2v) is 8.43. The summed E-state index contributed by atoms with van der Waals surface area (Å²) in [5.41, 5.74) is 10.1. The number of aryl methyl sites for hydroxylation is 1. The van der Waals surface area contributed by atoms with Crippen molar-refractivity contribution >= 4 is 17.2 Å². The quantitative estimate of drug-likeness (QED) is 0.695. The SMILES string of the molecule is Cc1ccn2ncc(-c3nc(N[C@@H]4CCCC[C@@H]4N)c(F)c4c3C(=O)N(C)C4)c2c1. The van der Waals surface area contributed by atoms with Crippen LogP contribution < -0.4 is 11.1 Å². The highest BCUT2D eigenvalue weighted by Crippen LogP contribution is 2.37. The van der Waals surface area contributed by atoms with Crippen LogP contribution in [0.5, 0.6) is 0 Å². The predicted molar refractivity (Wildman–Crippen MR) is 113 cm³/mol. The summed E-state index contributed by atoms with van der Waals surface area (Å²) in [6.07, 6.45) is 7.49. The van der Waals surface area contributed by atoms with Crippen LogP contribution in [0.3, 0.4) is 0 Å². The zero-order valence-corrected chi connectivity index (χ0v) is 17.2. The first kappa shape index (κ1) is 19.0. The molecule has 0 aromatic carbocycles. The number of fused-ring (bicyclic) bond motifs is 2. The highest BCUT2D eigenvalue weighted by Gasteiger charge is 2.35. The molecule has 0 saturated heterocycles. The molecule has 2 aliphatic rings. The number of nitrogens with two attached hydrogens (primary N) is 1. The van der Waals surface area contributed by atoms with Gasteiger partial charge in [-0.3, -0.25) is 4.79 Å². The molecule has 0 unspecified atom stereocenters. The Labute approximate surface area is 174 Å². The summed E-state index contributed by atoms with van der Waals surface area (Å²) in [5.74, 6) is -0.516. The molecular weight excluding hydrogens is 383 g/mol. The number of aromatic nitrogens is 3. The first-order chi connectivity index (χ1) is 14.4. The van der Waals surface area contributed by atoms with E-state index in [9.17, 15) is 4.79 Å². The van der Waals surface area contributed by atoms with Crippen molar-refractivity contribution in [1.82, 2.24) is 19.5 Å². The number of nitrogens with zero attached hydrogens (tertiary/aromatic N) is 4. The summed E-state index contributed by atoms with van der Waals surface area (Å²) in [4.78, 5) is 19.0. The number of anilines is 1. The molecule has 3 aromatic rings. The van der Waals surface area contributed by atoms with Gasteiger partial charge in [-0.05, 0) is 37.5 Å². The molecule has 7 nitrogen and oxygen atoms in total. The lowest BCUT2D eigenvalue weighted by atomic mass is 9.91. The van der Waals surface area contributed by atoms with Crippen molar-refractivity contribution in [3.8, 4) is 11.3 Å². The van der Waals surface area contributed by atoms with E-state index in [4.69, 9.17) is 5.73 Å². The molecule has 1 aliphatic carbocycles. The maximum atomic E-state index is 15.4. The Morgan fingerprint density at radius 1 is 1.30 bits per heavy atom. The van der Waals surface area contributed by atoms with Crippen molar-refractivity contribution in [2.45, 2.75) is 51.2 Å². The second kappa shape index (κ2) is 7.05. The smallest absolute Gasteiger partial charge is 0.256 e. The van der Waals surface area contributed by atoms with Crippen molar-refractivity contribution in [1.29, 1.82) is 0 Å². The summed E-state index contributed by atoms with van der Waals surface area (Å²) >= 11 is 0. The van der Waals surface area contributed by atoms with E-state index in [0.717, 1.165) is 42.3 Å². The van der Waals surface area contributed by atoms with Gasteiger partial charge in [0, 0.05) is 43.0 Å². The lowest BCUT2D eigenvalue weighted by Crippen LogP contribution is -2.43. The van der Waals surface area contributed by atoms with Gasteiger partial charge in [-0.25, -0.2) is 13.9 Å². The third-order valence-corrected chi connectivity index (χ3v) is 6.26. The zero-order valence-electron chi connectivity index (χ0n) is 17.2. The molecule has 1 saturated carbocycles. The zero-order chi connectivity index (χ0) is 21.0. The maximum Gasteiger partial charge on any atom is 0.256 e. The van der Waals surface area contributed by atoms with Crippen LogP contribution in [0.15, 0.2) is 24.5 Å². The minimum Gasteiger partial charge on any atom is -0.363 e.